The van der Waals surface area contributed by atoms with Gasteiger partial charge in [-0.25, -0.2) is 0 Å². The van der Waals surface area contributed by atoms with E-state index < -0.39 is 0 Å². The molecule has 2 nitrogen and oxygen atoms in total. The van der Waals surface area contributed by atoms with Crippen molar-refractivity contribution in [3.63, 3.8) is 0 Å². The molecule has 3 unspecified atom stereocenters. The molecule has 0 aromatic heterocycles. The predicted octanol–water partition coefficient (Wildman–Crippen LogP) is 3.27. The molecular formula is C10H22IO2P2Rh+. The minimum Gasteiger partial charge on any atom is -0.367 e. The molecule has 0 aromatic rings. The number of hydrogen-bond acceptors (Lipinski definition) is 2. The maximum absolute atomic E-state index is 5.68. The molecule has 2 rings (SSSR count). The summed E-state index contributed by atoms with van der Waals surface area (Å²) in [5.74, 6) is 0.997. The monoisotopic (exact) mass is 466 g/mol. The Morgan fingerprint density at radius 2 is 1.88 bits per heavy atom. The molecule has 2 heterocycles. The van der Waals surface area contributed by atoms with Crippen LogP contribution in [0.1, 0.15) is 6.92 Å². The molecule has 2 saturated heterocycles. The average molecular weight is 466 g/mol. The molecule has 0 aromatic carbocycles. The Hall–Kier alpha value is 2.13. The standard InChI is InChI=1S/C7H14O2P2.C2H5.CH2I.Rh/c1-11-5-3-9-7(11)6-8-2-4-10-6;2*1-2;/h6-7,10H,2-5H2,1H3;1H2,2H3;1H2;/q;2*-1;+2/p+1/t6?,7-,11?;;;/m1.../s1. The first-order valence-electron chi connectivity index (χ1n) is 5.14. The molecule has 0 spiro atoms. The van der Waals surface area contributed by atoms with E-state index in [4.69, 9.17) is 9.47 Å². The van der Waals surface area contributed by atoms with Crippen molar-refractivity contribution in [1.29, 1.82) is 0 Å². The van der Waals surface area contributed by atoms with Crippen molar-refractivity contribution in [2.75, 3.05) is 32.2 Å². The zero-order valence-electron chi connectivity index (χ0n) is 9.93. The van der Waals surface area contributed by atoms with Crippen LogP contribution in [-0.4, -0.2) is 43.9 Å². The van der Waals surface area contributed by atoms with Gasteiger partial charge in [0.05, 0.1) is 19.4 Å². The summed E-state index contributed by atoms with van der Waals surface area (Å²) < 4.78 is 11.3. The van der Waals surface area contributed by atoms with Crippen LogP contribution in [0.2, 0.25) is 0 Å². The van der Waals surface area contributed by atoms with Gasteiger partial charge in [0, 0.05) is 14.6 Å². The second kappa shape index (κ2) is 13.6. The summed E-state index contributed by atoms with van der Waals surface area (Å²) in [7, 11) is 0.779. The van der Waals surface area contributed by atoms with Gasteiger partial charge in [-0.05, 0) is 6.16 Å². The van der Waals surface area contributed by atoms with Crippen LogP contribution in [0.25, 0.3) is 0 Å². The van der Waals surface area contributed by atoms with Gasteiger partial charge in [0.25, 0.3) is 0 Å². The number of rotatable bonds is 1. The van der Waals surface area contributed by atoms with Crippen LogP contribution < -0.4 is 0 Å². The van der Waals surface area contributed by atoms with Gasteiger partial charge < -0.3 is 39.0 Å². The Kier molecular flexibility index (Phi) is 17.3. The van der Waals surface area contributed by atoms with E-state index in [1.807, 2.05) is 22.6 Å². The van der Waals surface area contributed by atoms with Gasteiger partial charge in [-0.3, -0.25) is 4.93 Å². The minimum absolute atomic E-state index is 0. The molecule has 4 atom stereocenters. The van der Waals surface area contributed by atoms with Crippen molar-refractivity contribution in [3.05, 3.63) is 11.9 Å². The summed E-state index contributed by atoms with van der Waals surface area (Å²) in [5.41, 5.74) is 0. The predicted molar refractivity (Wildman–Crippen MR) is 82.2 cm³/mol. The largest absolute Gasteiger partial charge is 2.00 e. The van der Waals surface area contributed by atoms with Gasteiger partial charge in [-0.2, -0.15) is 6.92 Å². The fourth-order valence-corrected chi connectivity index (χ4v) is 5.63. The van der Waals surface area contributed by atoms with Gasteiger partial charge in [-0.15, -0.1) is 0 Å². The zero-order valence-corrected chi connectivity index (χ0v) is 15.7. The van der Waals surface area contributed by atoms with Crippen molar-refractivity contribution in [1.82, 2.24) is 0 Å². The summed E-state index contributed by atoms with van der Waals surface area (Å²) in [4.78, 5) is 3.22. The molecule has 16 heavy (non-hydrogen) atoms. The van der Waals surface area contributed by atoms with Crippen LogP contribution in [0.3, 0.4) is 0 Å². The quantitative estimate of drug-likeness (QED) is 0.256. The number of hydrogen-bond donors (Lipinski definition) is 0. The second-order valence-electron chi connectivity index (χ2n) is 3.13. The summed E-state index contributed by atoms with van der Waals surface area (Å²) in [6, 6.07) is 0. The van der Waals surface area contributed by atoms with Crippen LogP contribution in [0, 0.1) is 11.9 Å². The van der Waals surface area contributed by atoms with E-state index in [1.165, 1.54) is 12.3 Å². The van der Waals surface area contributed by atoms with E-state index >= 15 is 0 Å². The zero-order chi connectivity index (χ0) is 11.7. The van der Waals surface area contributed by atoms with Crippen molar-refractivity contribution < 1.29 is 29.0 Å². The summed E-state index contributed by atoms with van der Waals surface area (Å²) in [6.45, 7) is 9.33. The van der Waals surface area contributed by atoms with Gasteiger partial charge in [0.1, 0.15) is 5.85 Å². The van der Waals surface area contributed by atoms with Crippen molar-refractivity contribution >= 4 is 39.1 Å². The normalized spacial score (nSPS) is 33.2. The Morgan fingerprint density at radius 3 is 2.25 bits per heavy atom. The van der Waals surface area contributed by atoms with Crippen molar-refractivity contribution in [2.24, 2.45) is 0 Å². The Bertz CT molecular complexity index is 149. The van der Waals surface area contributed by atoms with Crippen LogP contribution in [0.5, 0.6) is 0 Å². The smallest absolute Gasteiger partial charge is 0.367 e. The molecule has 2 fully saturated rings. The van der Waals surface area contributed by atoms with E-state index in [-0.39, 0.29) is 27.4 Å². The fraction of sp³-hybridized carbons (Fsp3) is 0.800. The summed E-state index contributed by atoms with van der Waals surface area (Å²) in [5, 5.41) is 0. The van der Waals surface area contributed by atoms with Crippen LogP contribution in [0.15, 0.2) is 0 Å². The third-order valence-electron chi connectivity index (χ3n) is 2.30. The van der Waals surface area contributed by atoms with Gasteiger partial charge in [0.15, 0.2) is 5.85 Å². The van der Waals surface area contributed by atoms with E-state index in [2.05, 4.69) is 18.5 Å². The van der Waals surface area contributed by atoms with E-state index in [1.54, 1.807) is 6.92 Å². The Labute approximate surface area is 130 Å². The minimum atomic E-state index is -0.219. The van der Waals surface area contributed by atoms with E-state index in [0.29, 0.717) is 11.7 Å². The van der Waals surface area contributed by atoms with Gasteiger partial charge in [-0.1, -0.05) is 8.58 Å². The molecule has 99 valence electrons. The van der Waals surface area contributed by atoms with E-state index in [9.17, 15) is 0 Å². The van der Waals surface area contributed by atoms with Crippen molar-refractivity contribution in [3.8, 4) is 0 Å². The van der Waals surface area contributed by atoms with Gasteiger partial charge in [0.2, 0.25) is 0 Å². The molecule has 0 N–H and O–H groups in total. The van der Waals surface area contributed by atoms with Gasteiger partial charge >= 0.3 is 19.5 Å². The van der Waals surface area contributed by atoms with Crippen LogP contribution in [-0.2, 0) is 29.0 Å². The maximum atomic E-state index is 5.68. The third-order valence-corrected chi connectivity index (χ3v) is 6.43. The molecule has 6 heteroatoms. The van der Waals surface area contributed by atoms with Crippen molar-refractivity contribution in [2.45, 2.75) is 18.6 Å². The first-order valence-corrected chi connectivity index (χ1v) is 10.2. The summed E-state index contributed by atoms with van der Waals surface area (Å²) >= 11 is 1.90. The molecular weight excluding hydrogens is 444 g/mol. The molecule has 0 amide bonds. The Balaban J connectivity index is 0. The summed E-state index contributed by atoms with van der Waals surface area (Å²) in [6.07, 6.45) is 2.58. The average Bonchev–Trinajstić information content (AvgIpc) is 2.94. The first kappa shape index (κ1) is 20.5. The molecule has 1 radical (unpaired) electrons. The topological polar surface area (TPSA) is 18.5 Å². The second-order valence-corrected chi connectivity index (χ2v) is 7.37. The van der Waals surface area contributed by atoms with Crippen LogP contribution in [0.4, 0.5) is 0 Å². The number of ether oxygens (including phenoxy) is 2. The molecule has 0 aliphatic carbocycles. The molecule has 0 bridgehead atoms. The van der Waals surface area contributed by atoms with E-state index in [0.717, 1.165) is 21.8 Å². The molecule has 0 saturated carbocycles. The molecule has 2 aliphatic heterocycles. The SMILES string of the molecule is C[PH+]1CCO[C@H]1C1OCCP1.[CH2-]C.[CH2-]I.[Rh+2]. The first-order chi connectivity index (χ1) is 7.38. The molecule has 2 aliphatic rings. The van der Waals surface area contributed by atoms with Crippen LogP contribution >= 0.6 is 39.1 Å². The fourth-order valence-electron chi connectivity index (χ4n) is 1.62. The Morgan fingerprint density at radius 1 is 1.25 bits per heavy atom. The third kappa shape index (κ3) is 6.90. The maximum Gasteiger partial charge on any atom is 2.00 e. The number of halogens is 1.